The molecule has 1 aromatic carbocycles. The molecular formula is C14H16F2N4. The molecule has 0 aliphatic carbocycles. The van der Waals surface area contributed by atoms with Crippen LogP contribution in [0.5, 0.6) is 0 Å². The number of nitrogens with one attached hydrogen (secondary N) is 1. The summed E-state index contributed by atoms with van der Waals surface area (Å²) in [5, 5.41) is 11.7. The number of nitrogens with zero attached hydrogens (tertiary/aromatic N) is 3. The molecule has 0 radical (unpaired) electrons. The van der Waals surface area contributed by atoms with Crippen LogP contribution in [-0.2, 0) is 6.54 Å². The first-order valence-corrected chi connectivity index (χ1v) is 6.70. The lowest BCUT2D eigenvalue weighted by molar-refractivity contribution is 0.339. The minimum atomic E-state index is -0.611. The fourth-order valence-corrected chi connectivity index (χ4v) is 2.59. The molecule has 2 heterocycles. The summed E-state index contributed by atoms with van der Waals surface area (Å²) in [4.78, 5) is 0. The van der Waals surface area contributed by atoms with Crippen LogP contribution in [0.15, 0.2) is 18.2 Å². The Hall–Kier alpha value is -1.82. The predicted octanol–water partition coefficient (Wildman–Crippen LogP) is 2.52. The van der Waals surface area contributed by atoms with Crippen LogP contribution in [0.4, 0.5) is 8.78 Å². The van der Waals surface area contributed by atoms with Gasteiger partial charge in [-0.05, 0) is 18.1 Å². The summed E-state index contributed by atoms with van der Waals surface area (Å²) in [5.41, 5.74) is 0.287. The van der Waals surface area contributed by atoms with Crippen molar-refractivity contribution >= 4 is 0 Å². The van der Waals surface area contributed by atoms with Gasteiger partial charge in [-0.1, -0.05) is 13.8 Å². The van der Waals surface area contributed by atoms with E-state index in [2.05, 4.69) is 29.4 Å². The van der Waals surface area contributed by atoms with Crippen LogP contribution in [0.3, 0.4) is 0 Å². The van der Waals surface area contributed by atoms with Crippen LogP contribution in [0.2, 0.25) is 0 Å². The van der Waals surface area contributed by atoms with Gasteiger partial charge >= 0.3 is 0 Å². The summed E-state index contributed by atoms with van der Waals surface area (Å²) in [6.07, 6.45) is 0. The van der Waals surface area contributed by atoms with Gasteiger partial charge in [0.15, 0.2) is 11.6 Å². The van der Waals surface area contributed by atoms with Crippen molar-refractivity contribution in [3.05, 3.63) is 35.7 Å². The van der Waals surface area contributed by atoms with Crippen molar-refractivity contribution in [1.29, 1.82) is 0 Å². The lowest BCUT2D eigenvalue weighted by Gasteiger charge is -2.27. The maximum Gasteiger partial charge on any atom is 0.167 e. The zero-order valence-electron chi connectivity index (χ0n) is 11.4. The molecule has 1 aliphatic rings. The molecule has 1 aromatic heterocycles. The third kappa shape index (κ3) is 2.10. The van der Waals surface area contributed by atoms with E-state index in [4.69, 9.17) is 0 Å². The molecule has 6 heteroatoms. The Morgan fingerprint density at radius 3 is 2.80 bits per heavy atom. The highest BCUT2D eigenvalue weighted by atomic mass is 19.1. The fraction of sp³-hybridized carbons (Fsp3) is 0.429. The Morgan fingerprint density at radius 2 is 2.10 bits per heavy atom. The molecule has 106 valence electrons. The largest absolute Gasteiger partial charge is 0.308 e. The Bertz CT molecular complexity index is 636. The van der Waals surface area contributed by atoms with Crippen molar-refractivity contribution in [2.24, 2.45) is 5.92 Å². The topological polar surface area (TPSA) is 42.7 Å². The molecule has 1 aliphatic heterocycles. The molecule has 0 amide bonds. The first-order valence-electron chi connectivity index (χ1n) is 6.70. The normalized spacial score (nSPS) is 18.4. The van der Waals surface area contributed by atoms with Gasteiger partial charge in [-0.25, -0.2) is 8.78 Å². The number of aromatic nitrogens is 3. The molecule has 4 nitrogen and oxygen atoms in total. The van der Waals surface area contributed by atoms with Crippen molar-refractivity contribution in [1.82, 2.24) is 20.1 Å². The van der Waals surface area contributed by atoms with E-state index in [9.17, 15) is 8.78 Å². The Morgan fingerprint density at radius 1 is 1.30 bits per heavy atom. The van der Waals surface area contributed by atoms with Gasteiger partial charge in [0, 0.05) is 19.2 Å². The number of fused-ring (bicyclic) bond motifs is 1. The molecule has 0 fully saturated rings. The molecule has 1 unspecified atom stereocenters. The van der Waals surface area contributed by atoms with Gasteiger partial charge in [0.2, 0.25) is 0 Å². The SMILES string of the molecule is CC(C)C1NCCn2c(-c3ccc(F)cc3F)nnc21. The summed E-state index contributed by atoms with van der Waals surface area (Å²) in [5.74, 6) is 0.435. The van der Waals surface area contributed by atoms with E-state index in [0.29, 0.717) is 18.3 Å². The first-order chi connectivity index (χ1) is 9.58. The van der Waals surface area contributed by atoms with Crippen molar-refractivity contribution < 1.29 is 8.78 Å². The average molecular weight is 278 g/mol. The highest BCUT2D eigenvalue weighted by molar-refractivity contribution is 5.56. The van der Waals surface area contributed by atoms with E-state index in [1.165, 1.54) is 12.1 Å². The van der Waals surface area contributed by atoms with Crippen LogP contribution in [0, 0.1) is 17.6 Å². The lowest BCUT2D eigenvalue weighted by atomic mass is 10.0. The maximum atomic E-state index is 13.9. The summed E-state index contributed by atoms with van der Waals surface area (Å²) >= 11 is 0. The van der Waals surface area contributed by atoms with Crippen LogP contribution in [-0.4, -0.2) is 21.3 Å². The quantitative estimate of drug-likeness (QED) is 0.918. The van der Waals surface area contributed by atoms with E-state index in [0.717, 1.165) is 18.4 Å². The van der Waals surface area contributed by atoms with E-state index in [1.807, 2.05) is 4.57 Å². The number of hydrogen-bond donors (Lipinski definition) is 1. The van der Waals surface area contributed by atoms with E-state index in [1.54, 1.807) is 0 Å². The van der Waals surface area contributed by atoms with Crippen molar-refractivity contribution in [3.8, 4) is 11.4 Å². The zero-order valence-corrected chi connectivity index (χ0v) is 11.4. The van der Waals surface area contributed by atoms with Crippen LogP contribution >= 0.6 is 0 Å². The van der Waals surface area contributed by atoms with E-state index >= 15 is 0 Å². The molecular weight excluding hydrogens is 262 g/mol. The third-order valence-corrected chi connectivity index (χ3v) is 3.60. The Kier molecular flexibility index (Phi) is 3.25. The monoisotopic (exact) mass is 278 g/mol. The number of benzene rings is 1. The highest BCUT2D eigenvalue weighted by Gasteiger charge is 2.28. The molecule has 3 rings (SSSR count). The van der Waals surface area contributed by atoms with Crippen LogP contribution in [0.25, 0.3) is 11.4 Å². The summed E-state index contributed by atoms with van der Waals surface area (Å²) in [6, 6.07) is 3.63. The predicted molar refractivity (Wildman–Crippen MR) is 71.0 cm³/mol. The number of rotatable bonds is 2. The number of halogens is 2. The molecule has 20 heavy (non-hydrogen) atoms. The third-order valence-electron chi connectivity index (χ3n) is 3.60. The van der Waals surface area contributed by atoms with Gasteiger partial charge < -0.3 is 9.88 Å². The minimum absolute atomic E-state index is 0.105. The Balaban J connectivity index is 2.08. The van der Waals surface area contributed by atoms with Gasteiger partial charge in [-0.2, -0.15) is 0 Å². The number of hydrogen-bond acceptors (Lipinski definition) is 3. The minimum Gasteiger partial charge on any atom is -0.308 e. The first kappa shape index (κ1) is 13.2. The highest BCUT2D eigenvalue weighted by Crippen LogP contribution is 2.29. The smallest absolute Gasteiger partial charge is 0.167 e. The second kappa shape index (κ2) is 4.94. The molecule has 0 saturated heterocycles. The molecule has 1 N–H and O–H groups in total. The van der Waals surface area contributed by atoms with Gasteiger partial charge in [0.05, 0.1) is 11.6 Å². The van der Waals surface area contributed by atoms with Gasteiger partial charge in [-0.3, -0.25) is 0 Å². The summed E-state index contributed by atoms with van der Waals surface area (Å²) in [7, 11) is 0. The molecule has 2 aromatic rings. The van der Waals surface area contributed by atoms with E-state index < -0.39 is 11.6 Å². The summed E-state index contributed by atoms with van der Waals surface area (Å²) < 4.78 is 28.8. The van der Waals surface area contributed by atoms with Crippen LogP contribution < -0.4 is 5.32 Å². The van der Waals surface area contributed by atoms with Gasteiger partial charge in [0.25, 0.3) is 0 Å². The molecule has 1 atom stereocenters. The average Bonchev–Trinajstić information content (AvgIpc) is 2.82. The maximum absolute atomic E-state index is 13.9. The van der Waals surface area contributed by atoms with E-state index in [-0.39, 0.29) is 11.6 Å². The van der Waals surface area contributed by atoms with Crippen molar-refractivity contribution in [3.63, 3.8) is 0 Å². The van der Waals surface area contributed by atoms with Crippen LogP contribution in [0.1, 0.15) is 25.7 Å². The van der Waals surface area contributed by atoms with Gasteiger partial charge in [0.1, 0.15) is 11.6 Å². The second-order valence-corrected chi connectivity index (χ2v) is 5.33. The molecule has 0 spiro atoms. The van der Waals surface area contributed by atoms with Crippen molar-refractivity contribution in [2.45, 2.75) is 26.4 Å². The summed E-state index contributed by atoms with van der Waals surface area (Å²) in [6.45, 7) is 5.65. The fourth-order valence-electron chi connectivity index (χ4n) is 2.59. The molecule has 0 saturated carbocycles. The standard InChI is InChI=1S/C14H16F2N4/c1-8(2)12-14-19-18-13(20(14)6-5-17-12)10-4-3-9(15)7-11(10)16/h3-4,7-8,12,17H,5-6H2,1-2H3. The second-order valence-electron chi connectivity index (χ2n) is 5.33. The van der Waals surface area contributed by atoms with Gasteiger partial charge in [-0.15, -0.1) is 10.2 Å². The lowest BCUT2D eigenvalue weighted by Crippen LogP contribution is -2.36. The zero-order chi connectivity index (χ0) is 14.3. The Labute approximate surface area is 115 Å². The van der Waals surface area contributed by atoms with Crippen molar-refractivity contribution in [2.75, 3.05) is 6.54 Å². The molecule has 0 bridgehead atoms.